The third kappa shape index (κ3) is 3.15. The summed E-state index contributed by atoms with van der Waals surface area (Å²) in [7, 11) is 0. The van der Waals surface area contributed by atoms with Crippen molar-refractivity contribution in [2.45, 2.75) is 144 Å². The summed E-state index contributed by atoms with van der Waals surface area (Å²) in [6.07, 6.45) is 11.9. The molecule has 5 saturated carbocycles. The number of ether oxygens (including phenoxy) is 2. The van der Waals surface area contributed by atoms with E-state index in [0.29, 0.717) is 35.2 Å². The molecule has 0 amide bonds. The largest absolute Gasteiger partial charge is 0.462 e. The molecule has 0 aromatic heterocycles. The molecule has 6 rings (SSSR count). The molecule has 6 aliphatic rings. The van der Waals surface area contributed by atoms with Gasteiger partial charge in [0.2, 0.25) is 0 Å². The lowest BCUT2D eigenvalue weighted by Crippen LogP contribution is -2.60. The number of rotatable bonds is 1. The van der Waals surface area contributed by atoms with E-state index in [1.807, 2.05) is 0 Å². The molecule has 204 valence electrons. The lowest BCUT2D eigenvalue weighted by Gasteiger charge is -2.64. The molecule has 1 N–H and O–H groups in total. The predicted molar refractivity (Wildman–Crippen MR) is 141 cm³/mol. The average molecular weight is 501 g/mol. The van der Waals surface area contributed by atoms with E-state index in [4.69, 9.17) is 9.47 Å². The third-order valence-corrected chi connectivity index (χ3v) is 14.0. The van der Waals surface area contributed by atoms with Gasteiger partial charge in [-0.25, -0.2) is 0 Å². The SMILES string of the molecule is CC(=O)O[C@H]1CC[C@]2(C)[C@@H]3CC[C@H]4[C@@]5(C)CC[C@H](O)C(C)(C)[C@H]5C[C@H]5O[C@]54C[C@]3(C)CC[C@H]2C1(C)C. The zero-order valence-corrected chi connectivity index (χ0v) is 24.3. The van der Waals surface area contributed by atoms with Crippen molar-refractivity contribution in [2.75, 3.05) is 0 Å². The molecule has 4 nitrogen and oxygen atoms in total. The molecule has 5 aliphatic carbocycles. The smallest absolute Gasteiger partial charge is 0.302 e. The first-order chi connectivity index (χ1) is 16.6. The highest BCUT2D eigenvalue weighted by Crippen LogP contribution is 2.76. The van der Waals surface area contributed by atoms with E-state index >= 15 is 0 Å². The maximum absolute atomic E-state index is 11.9. The summed E-state index contributed by atoms with van der Waals surface area (Å²) >= 11 is 0. The second-order valence-corrected chi connectivity index (χ2v) is 16.3. The van der Waals surface area contributed by atoms with Crippen molar-refractivity contribution < 1.29 is 19.4 Å². The van der Waals surface area contributed by atoms with Crippen molar-refractivity contribution in [1.82, 2.24) is 0 Å². The van der Waals surface area contributed by atoms with E-state index in [1.54, 1.807) is 6.92 Å². The zero-order valence-electron chi connectivity index (χ0n) is 24.3. The highest BCUT2D eigenvalue weighted by molar-refractivity contribution is 5.66. The van der Waals surface area contributed by atoms with Crippen molar-refractivity contribution in [1.29, 1.82) is 0 Å². The number of hydrogen-bond donors (Lipinski definition) is 1. The van der Waals surface area contributed by atoms with Gasteiger partial charge in [0, 0.05) is 12.3 Å². The monoisotopic (exact) mass is 500 g/mol. The molecule has 0 bridgehead atoms. The minimum Gasteiger partial charge on any atom is -0.462 e. The van der Waals surface area contributed by atoms with Crippen LogP contribution in [0.2, 0.25) is 0 Å². The van der Waals surface area contributed by atoms with E-state index < -0.39 is 0 Å². The second kappa shape index (κ2) is 7.52. The van der Waals surface area contributed by atoms with Gasteiger partial charge in [0.1, 0.15) is 6.10 Å². The molecule has 0 aromatic carbocycles. The molecule has 36 heavy (non-hydrogen) atoms. The number of fused-ring (bicyclic) bond motifs is 5. The van der Waals surface area contributed by atoms with Crippen molar-refractivity contribution in [3.63, 3.8) is 0 Å². The number of aliphatic hydroxyl groups is 1. The van der Waals surface area contributed by atoms with Gasteiger partial charge in [-0.05, 0) is 110 Å². The van der Waals surface area contributed by atoms with E-state index in [9.17, 15) is 9.90 Å². The van der Waals surface area contributed by atoms with Crippen molar-refractivity contribution in [3.05, 3.63) is 0 Å². The number of aliphatic hydroxyl groups excluding tert-OH is 1. The minimum atomic E-state index is -0.193. The maximum atomic E-state index is 11.9. The van der Waals surface area contributed by atoms with Crippen LogP contribution in [0.4, 0.5) is 0 Å². The lowest BCUT2D eigenvalue weighted by molar-refractivity contribution is -0.193. The summed E-state index contributed by atoms with van der Waals surface area (Å²) < 4.78 is 12.8. The second-order valence-electron chi connectivity index (χ2n) is 16.3. The Kier molecular flexibility index (Phi) is 5.36. The topological polar surface area (TPSA) is 59.1 Å². The third-order valence-electron chi connectivity index (χ3n) is 14.0. The standard InChI is InChI=1S/C32H52O4/c1-19(33)35-25-13-16-30(7)20(28(25,4)5)11-14-29(6)18-32-22(10-9-21(29)30)31(8)15-12-24(34)27(2,3)23(31)17-26(32)36-32/h20-26,34H,9-18H2,1-8H3/t20-,21+,22-,23+,24-,25-,26+,29-,30-,31+,32-/m0/s1. The molecule has 11 atom stereocenters. The van der Waals surface area contributed by atoms with Crippen LogP contribution in [-0.4, -0.2) is 35.0 Å². The van der Waals surface area contributed by atoms with Gasteiger partial charge in [0.05, 0.1) is 17.8 Å². The fourth-order valence-corrected chi connectivity index (χ4v) is 12.4. The maximum Gasteiger partial charge on any atom is 0.302 e. The van der Waals surface area contributed by atoms with Crippen LogP contribution < -0.4 is 0 Å². The van der Waals surface area contributed by atoms with Crippen molar-refractivity contribution >= 4 is 5.97 Å². The van der Waals surface area contributed by atoms with Gasteiger partial charge < -0.3 is 14.6 Å². The van der Waals surface area contributed by atoms with Crippen LogP contribution in [0.1, 0.15) is 120 Å². The van der Waals surface area contributed by atoms with Crippen LogP contribution in [0, 0.1) is 50.7 Å². The molecule has 0 aromatic rings. The van der Waals surface area contributed by atoms with Gasteiger partial charge in [-0.1, -0.05) is 48.5 Å². The Morgan fingerprint density at radius 2 is 1.42 bits per heavy atom. The summed E-state index contributed by atoms with van der Waals surface area (Å²) in [6, 6.07) is 0. The number of carbonyl (C=O) groups is 1. The van der Waals surface area contributed by atoms with Gasteiger partial charge in [0.25, 0.3) is 0 Å². The lowest BCUT2D eigenvalue weighted by atomic mass is 9.41. The van der Waals surface area contributed by atoms with Gasteiger partial charge in [-0.15, -0.1) is 0 Å². The fraction of sp³-hybridized carbons (Fsp3) is 0.969. The molecule has 1 aliphatic heterocycles. The van der Waals surface area contributed by atoms with Crippen LogP contribution >= 0.6 is 0 Å². The quantitative estimate of drug-likeness (QED) is 0.313. The van der Waals surface area contributed by atoms with Gasteiger partial charge >= 0.3 is 5.97 Å². The van der Waals surface area contributed by atoms with E-state index in [2.05, 4.69) is 48.5 Å². The first-order valence-electron chi connectivity index (χ1n) is 15.1. The number of hydrogen-bond acceptors (Lipinski definition) is 4. The Morgan fingerprint density at radius 3 is 2.11 bits per heavy atom. The number of carbonyl (C=O) groups excluding carboxylic acids is 1. The summed E-state index contributed by atoms with van der Waals surface area (Å²) in [5.74, 6) is 2.29. The van der Waals surface area contributed by atoms with Gasteiger partial charge in [0.15, 0.2) is 0 Å². The Bertz CT molecular complexity index is 940. The molecule has 6 fully saturated rings. The highest BCUT2D eigenvalue weighted by Gasteiger charge is 2.76. The van der Waals surface area contributed by atoms with Crippen LogP contribution in [-0.2, 0) is 14.3 Å². The Hall–Kier alpha value is -0.610. The summed E-state index contributed by atoms with van der Waals surface area (Å²) in [5.41, 5.74) is 0.893. The summed E-state index contributed by atoms with van der Waals surface area (Å²) in [6.45, 7) is 18.8. The Morgan fingerprint density at radius 1 is 0.778 bits per heavy atom. The highest BCUT2D eigenvalue weighted by atomic mass is 16.6. The Labute approximate surface area is 219 Å². The molecule has 1 spiro atoms. The normalized spacial score (nSPS) is 56.5. The average Bonchev–Trinajstić information content (AvgIpc) is 3.48. The van der Waals surface area contributed by atoms with E-state index in [0.717, 1.165) is 25.7 Å². The van der Waals surface area contributed by atoms with E-state index in [-0.39, 0.29) is 45.4 Å². The molecule has 0 radical (unpaired) electrons. The first-order valence-corrected chi connectivity index (χ1v) is 15.1. The predicted octanol–water partition coefficient (Wildman–Crippen LogP) is 6.92. The molecular formula is C32H52O4. The van der Waals surface area contributed by atoms with Gasteiger partial charge in [-0.2, -0.15) is 0 Å². The summed E-state index contributed by atoms with van der Waals surface area (Å²) in [4.78, 5) is 11.9. The zero-order chi connectivity index (χ0) is 26.1. The van der Waals surface area contributed by atoms with Crippen LogP contribution in [0.3, 0.4) is 0 Å². The Balaban J connectivity index is 1.34. The first kappa shape index (κ1) is 25.7. The van der Waals surface area contributed by atoms with Crippen molar-refractivity contribution in [2.24, 2.45) is 50.7 Å². The van der Waals surface area contributed by atoms with Crippen LogP contribution in [0.15, 0.2) is 0 Å². The van der Waals surface area contributed by atoms with Crippen molar-refractivity contribution in [3.8, 4) is 0 Å². The van der Waals surface area contributed by atoms with Crippen LogP contribution in [0.25, 0.3) is 0 Å². The van der Waals surface area contributed by atoms with E-state index in [1.165, 1.54) is 38.5 Å². The number of epoxide rings is 1. The molecule has 1 saturated heterocycles. The molecule has 0 unspecified atom stereocenters. The molecule has 1 heterocycles. The fourth-order valence-electron chi connectivity index (χ4n) is 12.4. The summed E-state index contributed by atoms with van der Waals surface area (Å²) in [5, 5.41) is 11.0. The van der Waals surface area contributed by atoms with Gasteiger partial charge in [-0.3, -0.25) is 4.79 Å². The minimum absolute atomic E-state index is 0.0105. The molecule has 4 heteroatoms. The van der Waals surface area contributed by atoms with Crippen LogP contribution in [0.5, 0.6) is 0 Å². The molecular weight excluding hydrogens is 448 g/mol. The number of esters is 1.